The molecule has 0 radical (unpaired) electrons. The molecule has 0 bridgehead atoms. The fourth-order valence-corrected chi connectivity index (χ4v) is 3.42. The van der Waals surface area contributed by atoms with Crippen LogP contribution in [0.25, 0.3) is 0 Å². The molecule has 26 heavy (non-hydrogen) atoms. The number of carbonyl (C=O) groups is 2. The van der Waals surface area contributed by atoms with Crippen molar-refractivity contribution in [3.63, 3.8) is 0 Å². The second-order valence-electron chi connectivity index (χ2n) is 6.46. The summed E-state index contributed by atoms with van der Waals surface area (Å²) in [4.78, 5) is 27.3. The smallest absolute Gasteiger partial charge is 0.232 e. The average Bonchev–Trinajstić information content (AvgIpc) is 3.37. The number of hydrogen-bond acceptors (Lipinski definition) is 5. The van der Waals surface area contributed by atoms with Crippen molar-refractivity contribution >= 4 is 50.5 Å². The largest absolute Gasteiger partial charge is 0.383 e. The molecule has 0 aromatic heterocycles. The topological polar surface area (TPSA) is 74.8 Å². The second kappa shape index (κ2) is 7.58. The molecule has 0 amide bonds. The monoisotopic (exact) mass is 418 g/mol. The Hall–Kier alpha value is -1.57. The highest BCUT2D eigenvalue weighted by Crippen LogP contribution is 2.39. The van der Waals surface area contributed by atoms with Crippen LogP contribution in [0.2, 0.25) is 10.0 Å². The van der Waals surface area contributed by atoms with Crippen molar-refractivity contribution in [2.75, 3.05) is 31.7 Å². The van der Waals surface area contributed by atoms with E-state index in [0.717, 1.165) is 23.4 Å². The molecule has 0 atom stereocenters. The Labute approximate surface area is 163 Å². The second-order valence-corrected chi connectivity index (χ2v) is 9.26. The summed E-state index contributed by atoms with van der Waals surface area (Å²) in [5.41, 5.74) is -0.0339. The van der Waals surface area contributed by atoms with Gasteiger partial charge in [-0.2, -0.15) is 0 Å². The van der Waals surface area contributed by atoms with Crippen molar-refractivity contribution in [3.05, 3.63) is 39.5 Å². The molecule has 1 fully saturated rings. The van der Waals surface area contributed by atoms with Gasteiger partial charge in [0.2, 0.25) is 10.0 Å². The lowest BCUT2D eigenvalue weighted by atomic mass is 9.97. The molecule has 1 aromatic rings. The van der Waals surface area contributed by atoms with Crippen molar-refractivity contribution in [2.24, 2.45) is 5.92 Å². The van der Waals surface area contributed by atoms with Crippen LogP contribution in [0.4, 0.5) is 5.69 Å². The molecule has 0 N–H and O–H groups in total. The van der Waals surface area contributed by atoms with E-state index in [0.29, 0.717) is 0 Å². The van der Waals surface area contributed by atoms with E-state index in [1.807, 2.05) is 0 Å². The van der Waals surface area contributed by atoms with E-state index in [1.165, 1.54) is 25.4 Å². The Balaban J connectivity index is 2.64. The summed E-state index contributed by atoms with van der Waals surface area (Å²) in [7, 11) is 0.979. The van der Waals surface area contributed by atoms with Crippen LogP contribution in [0.15, 0.2) is 23.9 Å². The molecular weight excluding hydrogens is 399 g/mol. The van der Waals surface area contributed by atoms with E-state index in [1.54, 1.807) is 19.0 Å². The van der Waals surface area contributed by atoms with E-state index < -0.39 is 15.8 Å². The zero-order valence-corrected chi connectivity index (χ0v) is 17.2. The number of nitrogens with zero attached hydrogens (tertiary/aromatic N) is 2. The Morgan fingerprint density at radius 2 is 1.73 bits per heavy atom. The molecule has 0 heterocycles. The first kappa shape index (κ1) is 20.7. The highest BCUT2D eigenvalue weighted by molar-refractivity contribution is 7.92. The van der Waals surface area contributed by atoms with Crippen molar-refractivity contribution in [1.82, 2.24) is 4.90 Å². The first-order valence-electron chi connectivity index (χ1n) is 7.84. The van der Waals surface area contributed by atoms with E-state index >= 15 is 0 Å². The number of sulfonamides is 1. The summed E-state index contributed by atoms with van der Waals surface area (Å²) in [5, 5.41) is 0.0499. The molecule has 0 spiro atoms. The molecule has 9 heteroatoms. The Morgan fingerprint density at radius 3 is 2.19 bits per heavy atom. The van der Waals surface area contributed by atoms with E-state index in [9.17, 15) is 18.0 Å². The van der Waals surface area contributed by atoms with Gasteiger partial charge in [0.15, 0.2) is 11.6 Å². The lowest BCUT2D eigenvalue weighted by Crippen LogP contribution is -2.28. The third-order valence-corrected chi connectivity index (χ3v) is 5.94. The summed E-state index contributed by atoms with van der Waals surface area (Å²) < 4.78 is 24.9. The maximum Gasteiger partial charge on any atom is 0.232 e. The number of rotatable bonds is 7. The lowest BCUT2D eigenvalue weighted by Gasteiger charge is -2.22. The number of anilines is 1. The van der Waals surface area contributed by atoms with Gasteiger partial charge in [-0.3, -0.25) is 13.9 Å². The minimum Gasteiger partial charge on any atom is -0.383 e. The summed E-state index contributed by atoms with van der Waals surface area (Å²) in [6, 6.07) is 2.79. The standard InChI is InChI=1S/C17H20Cl2N2O4S/c1-20(2)9-12(16(22)10-5-6-10)17(23)11-7-8-13(18)14(19)15(11)21(3)26(4,24)25/h7-10H,5-6H2,1-4H3. The van der Waals surface area contributed by atoms with Gasteiger partial charge in [0, 0.05) is 38.8 Å². The van der Waals surface area contributed by atoms with Crippen molar-refractivity contribution in [2.45, 2.75) is 12.8 Å². The quantitative estimate of drug-likeness (QED) is 0.294. The lowest BCUT2D eigenvalue weighted by molar-refractivity contribution is -0.116. The van der Waals surface area contributed by atoms with Crippen LogP contribution in [-0.2, 0) is 14.8 Å². The van der Waals surface area contributed by atoms with Gasteiger partial charge >= 0.3 is 0 Å². The Kier molecular flexibility index (Phi) is 6.05. The predicted molar refractivity (Wildman–Crippen MR) is 104 cm³/mol. The van der Waals surface area contributed by atoms with Gasteiger partial charge in [-0.25, -0.2) is 8.42 Å². The van der Waals surface area contributed by atoms with Crippen molar-refractivity contribution in [1.29, 1.82) is 0 Å². The molecule has 6 nitrogen and oxygen atoms in total. The van der Waals surface area contributed by atoms with Crippen LogP contribution in [0, 0.1) is 5.92 Å². The predicted octanol–water partition coefficient (Wildman–Crippen LogP) is 3.00. The number of benzene rings is 1. The molecule has 0 saturated heterocycles. The Morgan fingerprint density at radius 1 is 1.15 bits per heavy atom. The zero-order chi connectivity index (χ0) is 19.8. The SMILES string of the molecule is CN(C)C=C(C(=O)c1ccc(Cl)c(Cl)c1N(C)S(C)(=O)=O)C(=O)C1CC1. The van der Waals surface area contributed by atoms with Crippen LogP contribution in [0.5, 0.6) is 0 Å². The normalized spacial score (nSPS) is 14.9. The third kappa shape index (κ3) is 4.39. The summed E-state index contributed by atoms with van der Waals surface area (Å²) >= 11 is 12.2. The molecule has 1 aromatic carbocycles. The van der Waals surface area contributed by atoms with Gasteiger partial charge in [-0.1, -0.05) is 23.2 Å². The first-order chi connectivity index (χ1) is 11.9. The van der Waals surface area contributed by atoms with E-state index in [2.05, 4.69) is 0 Å². The van der Waals surface area contributed by atoms with Crippen LogP contribution in [0.1, 0.15) is 23.2 Å². The fraction of sp³-hybridized carbons (Fsp3) is 0.412. The van der Waals surface area contributed by atoms with Gasteiger partial charge in [0.25, 0.3) is 0 Å². The number of allylic oxidation sites excluding steroid dienone is 1. The van der Waals surface area contributed by atoms with Crippen LogP contribution in [-0.4, -0.2) is 52.3 Å². The first-order valence-corrected chi connectivity index (χ1v) is 10.4. The van der Waals surface area contributed by atoms with Gasteiger partial charge in [0.05, 0.1) is 27.6 Å². The highest BCUT2D eigenvalue weighted by atomic mass is 35.5. The average molecular weight is 419 g/mol. The fourth-order valence-electron chi connectivity index (χ4n) is 2.40. The molecule has 1 aliphatic carbocycles. The van der Waals surface area contributed by atoms with Crippen molar-refractivity contribution in [3.8, 4) is 0 Å². The molecule has 0 unspecified atom stereocenters. The maximum atomic E-state index is 13.1. The molecule has 2 rings (SSSR count). The molecule has 0 aliphatic heterocycles. The number of hydrogen-bond donors (Lipinski definition) is 0. The summed E-state index contributed by atoms with van der Waals surface area (Å²) in [6.07, 6.45) is 3.93. The van der Waals surface area contributed by atoms with E-state index in [4.69, 9.17) is 23.2 Å². The van der Waals surface area contributed by atoms with Crippen LogP contribution in [0.3, 0.4) is 0 Å². The summed E-state index contributed by atoms with van der Waals surface area (Å²) in [5.74, 6) is -0.994. The number of Topliss-reactive ketones (excluding diaryl/α,β-unsaturated/α-hetero) is 2. The molecule has 1 saturated carbocycles. The van der Waals surface area contributed by atoms with E-state index in [-0.39, 0.29) is 38.6 Å². The number of carbonyl (C=O) groups excluding carboxylic acids is 2. The van der Waals surface area contributed by atoms with Crippen LogP contribution >= 0.6 is 23.2 Å². The number of halogens is 2. The molecular formula is C17H20Cl2N2O4S. The summed E-state index contributed by atoms with van der Waals surface area (Å²) in [6.45, 7) is 0. The van der Waals surface area contributed by atoms with Gasteiger partial charge < -0.3 is 4.90 Å². The molecule has 1 aliphatic rings. The Bertz CT molecular complexity index is 890. The van der Waals surface area contributed by atoms with Crippen molar-refractivity contribution < 1.29 is 18.0 Å². The maximum absolute atomic E-state index is 13.1. The highest BCUT2D eigenvalue weighted by Gasteiger charge is 2.36. The number of ketones is 2. The molecule has 142 valence electrons. The minimum absolute atomic E-state index is 0.000889. The van der Waals surface area contributed by atoms with Gasteiger partial charge in [0.1, 0.15) is 0 Å². The van der Waals surface area contributed by atoms with Crippen LogP contribution < -0.4 is 4.31 Å². The van der Waals surface area contributed by atoms with Gasteiger partial charge in [-0.15, -0.1) is 0 Å². The zero-order valence-electron chi connectivity index (χ0n) is 14.9. The van der Waals surface area contributed by atoms with Gasteiger partial charge in [-0.05, 0) is 25.0 Å². The minimum atomic E-state index is -3.70. The third-order valence-electron chi connectivity index (χ3n) is 3.97.